The zero-order valence-electron chi connectivity index (χ0n) is 16.2. The SMILES string of the molecule is COc1ccccc1NC(=O)C(Sc1ccc(NC(C)=O)cc1)c1ccccc1. The molecule has 6 heteroatoms. The highest BCUT2D eigenvalue weighted by molar-refractivity contribution is 8.00. The molecule has 1 unspecified atom stereocenters. The van der Waals surface area contributed by atoms with Crippen LogP contribution < -0.4 is 15.4 Å². The summed E-state index contributed by atoms with van der Waals surface area (Å²) in [5.74, 6) is 0.345. The minimum atomic E-state index is -0.451. The maximum Gasteiger partial charge on any atom is 0.242 e. The molecule has 5 nitrogen and oxygen atoms in total. The first-order valence-corrected chi connectivity index (χ1v) is 9.98. The maximum absolute atomic E-state index is 13.2. The van der Waals surface area contributed by atoms with Crippen LogP contribution in [0, 0.1) is 0 Å². The molecule has 0 heterocycles. The second kappa shape index (κ2) is 9.80. The number of methoxy groups -OCH3 is 1. The first-order valence-electron chi connectivity index (χ1n) is 9.10. The fourth-order valence-corrected chi connectivity index (χ4v) is 3.83. The number of thioether (sulfide) groups is 1. The molecule has 3 aromatic rings. The molecule has 0 bridgehead atoms. The van der Waals surface area contributed by atoms with Gasteiger partial charge >= 0.3 is 0 Å². The van der Waals surface area contributed by atoms with Gasteiger partial charge in [0.05, 0.1) is 12.8 Å². The van der Waals surface area contributed by atoms with Gasteiger partial charge in [0.15, 0.2) is 0 Å². The minimum Gasteiger partial charge on any atom is -0.495 e. The van der Waals surface area contributed by atoms with Crippen LogP contribution in [-0.2, 0) is 9.59 Å². The highest BCUT2D eigenvalue weighted by Gasteiger charge is 2.23. The van der Waals surface area contributed by atoms with Gasteiger partial charge in [-0.25, -0.2) is 0 Å². The van der Waals surface area contributed by atoms with Crippen LogP contribution in [0.5, 0.6) is 5.75 Å². The summed E-state index contributed by atoms with van der Waals surface area (Å²) in [5, 5.41) is 5.27. The van der Waals surface area contributed by atoms with Crippen LogP contribution in [0.25, 0.3) is 0 Å². The number of hydrogen-bond acceptors (Lipinski definition) is 4. The van der Waals surface area contributed by atoms with Crippen molar-refractivity contribution in [1.82, 2.24) is 0 Å². The van der Waals surface area contributed by atoms with Crippen molar-refractivity contribution < 1.29 is 14.3 Å². The molecule has 0 fully saturated rings. The number of para-hydroxylation sites is 2. The molecule has 0 saturated heterocycles. The van der Waals surface area contributed by atoms with Crippen LogP contribution in [0.1, 0.15) is 17.7 Å². The highest BCUT2D eigenvalue weighted by Crippen LogP contribution is 2.37. The van der Waals surface area contributed by atoms with Crippen LogP contribution in [0.4, 0.5) is 11.4 Å². The number of rotatable bonds is 7. The van der Waals surface area contributed by atoms with Crippen LogP contribution in [-0.4, -0.2) is 18.9 Å². The summed E-state index contributed by atoms with van der Waals surface area (Å²) in [6, 6.07) is 24.4. The van der Waals surface area contributed by atoms with E-state index in [0.717, 1.165) is 16.1 Å². The molecule has 1 atom stereocenters. The topological polar surface area (TPSA) is 67.4 Å². The maximum atomic E-state index is 13.2. The average Bonchev–Trinajstić information content (AvgIpc) is 2.73. The van der Waals surface area contributed by atoms with Crippen LogP contribution >= 0.6 is 11.8 Å². The zero-order chi connectivity index (χ0) is 20.6. The normalized spacial score (nSPS) is 11.4. The van der Waals surface area contributed by atoms with E-state index in [0.29, 0.717) is 11.4 Å². The molecule has 3 aromatic carbocycles. The predicted molar refractivity (Wildman–Crippen MR) is 117 cm³/mol. The van der Waals surface area contributed by atoms with Gasteiger partial charge in [0.1, 0.15) is 11.0 Å². The van der Waals surface area contributed by atoms with Gasteiger partial charge in [-0.2, -0.15) is 0 Å². The van der Waals surface area contributed by atoms with Gasteiger partial charge in [0.2, 0.25) is 11.8 Å². The van der Waals surface area contributed by atoms with Crippen molar-refractivity contribution in [3.05, 3.63) is 84.4 Å². The second-order valence-electron chi connectivity index (χ2n) is 6.30. The number of benzene rings is 3. The van der Waals surface area contributed by atoms with E-state index >= 15 is 0 Å². The Hall–Kier alpha value is -3.25. The van der Waals surface area contributed by atoms with Crippen molar-refractivity contribution in [2.24, 2.45) is 0 Å². The molecule has 0 aliphatic heterocycles. The molecule has 29 heavy (non-hydrogen) atoms. The van der Waals surface area contributed by atoms with Crippen molar-refractivity contribution in [3.63, 3.8) is 0 Å². The number of hydrogen-bond donors (Lipinski definition) is 2. The van der Waals surface area contributed by atoms with E-state index in [4.69, 9.17) is 4.74 Å². The summed E-state index contributed by atoms with van der Waals surface area (Å²) in [5.41, 5.74) is 2.25. The van der Waals surface area contributed by atoms with E-state index in [-0.39, 0.29) is 11.8 Å². The van der Waals surface area contributed by atoms with Crippen LogP contribution in [0.2, 0.25) is 0 Å². The Morgan fingerprint density at radius 1 is 0.862 bits per heavy atom. The van der Waals surface area contributed by atoms with Crippen molar-refractivity contribution in [2.75, 3.05) is 17.7 Å². The summed E-state index contributed by atoms with van der Waals surface area (Å²) >= 11 is 1.44. The van der Waals surface area contributed by atoms with Gasteiger partial charge in [-0.05, 0) is 42.0 Å². The predicted octanol–water partition coefficient (Wildman–Crippen LogP) is 5.13. The van der Waals surface area contributed by atoms with E-state index in [1.165, 1.54) is 18.7 Å². The number of carbonyl (C=O) groups is 2. The Balaban J connectivity index is 1.83. The lowest BCUT2D eigenvalue weighted by molar-refractivity contribution is -0.116. The molecule has 3 rings (SSSR count). The first kappa shape index (κ1) is 20.5. The Labute approximate surface area is 174 Å². The standard InChI is InChI=1S/C23H22N2O3S/c1-16(26)24-18-12-14-19(15-13-18)29-22(17-8-4-3-5-9-17)23(27)25-20-10-6-7-11-21(20)28-2/h3-15,22H,1-2H3,(H,24,26)(H,25,27). The fraction of sp³-hybridized carbons (Fsp3) is 0.130. The second-order valence-corrected chi connectivity index (χ2v) is 7.48. The molecule has 0 radical (unpaired) electrons. The Morgan fingerprint density at radius 3 is 2.17 bits per heavy atom. The zero-order valence-corrected chi connectivity index (χ0v) is 17.0. The van der Waals surface area contributed by atoms with E-state index < -0.39 is 5.25 Å². The molecule has 2 N–H and O–H groups in total. The van der Waals surface area contributed by atoms with E-state index in [1.807, 2.05) is 72.8 Å². The molecule has 0 spiro atoms. The minimum absolute atomic E-state index is 0.122. The van der Waals surface area contributed by atoms with Gasteiger partial charge in [0, 0.05) is 17.5 Å². The molecule has 0 aromatic heterocycles. The summed E-state index contributed by atoms with van der Waals surface area (Å²) in [4.78, 5) is 25.3. The van der Waals surface area contributed by atoms with Crippen LogP contribution in [0.15, 0.2) is 83.8 Å². The molecule has 0 aliphatic carbocycles. The lowest BCUT2D eigenvalue weighted by Gasteiger charge is -2.18. The summed E-state index contributed by atoms with van der Waals surface area (Å²) < 4.78 is 5.34. The fourth-order valence-electron chi connectivity index (χ4n) is 2.80. The molecule has 0 saturated carbocycles. The van der Waals surface area contributed by atoms with E-state index in [9.17, 15) is 9.59 Å². The molecular formula is C23H22N2O3S. The molecule has 2 amide bonds. The van der Waals surface area contributed by atoms with Crippen LogP contribution in [0.3, 0.4) is 0 Å². The van der Waals surface area contributed by atoms with Crippen molar-refractivity contribution in [3.8, 4) is 5.75 Å². The molecule has 0 aliphatic rings. The number of ether oxygens (including phenoxy) is 1. The average molecular weight is 407 g/mol. The third-order valence-corrected chi connectivity index (χ3v) is 5.40. The summed E-state index contributed by atoms with van der Waals surface area (Å²) in [6.07, 6.45) is 0. The van der Waals surface area contributed by atoms with Crippen molar-refractivity contribution in [2.45, 2.75) is 17.1 Å². The third-order valence-electron chi connectivity index (χ3n) is 4.13. The smallest absolute Gasteiger partial charge is 0.242 e. The quantitative estimate of drug-likeness (QED) is 0.534. The van der Waals surface area contributed by atoms with Gasteiger partial charge < -0.3 is 15.4 Å². The van der Waals surface area contributed by atoms with Gasteiger partial charge in [0.25, 0.3) is 0 Å². The van der Waals surface area contributed by atoms with E-state index in [1.54, 1.807) is 13.2 Å². The Morgan fingerprint density at radius 2 is 1.52 bits per heavy atom. The number of amides is 2. The number of anilines is 2. The largest absolute Gasteiger partial charge is 0.495 e. The lowest BCUT2D eigenvalue weighted by atomic mass is 10.1. The van der Waals surface area contributed by atoms with E-state index in [2.05, 4.69) is 10.6 Å². The number of carbonyl (C=O) groups excluding carboxylic acids is 2. The first-order chi connectivity index (χ1) is 14.1. The number of nitrogens with one attached hydrogen (secondary N) is 2. The summed E-state index contributed by atoms with van der Waals surface area (Å²) in [6.45, 7) is 1.47. The molecule has 148 valence electrons. The van der Waals surface area contributed by atoms with Gasteiger partial charge in [-0.3, -0.25) is 9.59 Å². The van der Waals surface area contributed by atoms with Gasteiger partial charge in [-0.15, -0.1) is 11.8 Å². The lowest BCUT2D eigenvalue weighted by Crippen LogP contribution is -2.19. The summed E-state index contributed by atoms with van der Waals surface area (Å²) in [7, 11) is 1.57. The monoisotopic (exact) mass is 406 g/mol. The molecular weight excluding hydrogens is 384 g/mol. The third kappa shape index (κ3) is 5.62. The van der Waals surface area contributed by atoms with Gasteiger partial charge in [-0.1, -0.05) is 42.5 Å². The Kier molecular flexibility index (Phi) is 6.92. The van der Waals surface area contributed by atoms with Crippen molar-refractivity contribution >= 4 is 35.0 Å². The Bertz CT molecular complexity index is 975. The highest BCUT2D eigenvalue weighted by atomic mass is 32.2. The van der Waals surface area contributed by atoms with Crippen molar-refractivity contribution in [1.29, 1.82) is 0 Å².